The van der Waals surface area contributed by atoms with Crippen molar-refractivity contribution in [1.82, 2.24) is 5.32 Å². The van der Waals surface area contributed by atoms with Crippen molar-refractivity contribution in [2.24, 2.45) is 0 Å². The lowest BCUT2D eigenvalue weighted by Gasteiger charge is -2.18. The van der Waals surface area contributed by atoms with Gasteiger partial charge in [0.15, 0.2) is 0 Å². The molecule has 0 atom stereocenters. The molecule has 0 fully saturated rings. The lowest BCUT2D eigenvalue weighted by atomic mass is 10.1. The van der Waals surface area contributed by atoms with Crippen molar-refractivity contribution in [3.8, 4) is 0 Å². The van der Waals surface area contributed by atoms with Crippen LogP contribution in [0.4, 0.5) is 0 Å². The van der Waals surface area contributed by atoms with E-state index < -0.39 is 0 Å². The number of ether oxygens (including phenoxy) is 2. The van der Waals surface area contributed by atoms with Crippen LogP contribution in [0, 0.1) is 0 Å². The third-order valence-corrected chi connectivity index (χ3v) is 3.79. The number of unbranched alkanes of at least 4 members (excludes halogenated alkanes) is 2. The van der Waals surface area contributed by atoms with Crippen LogP contribution in [0.25, 0.3) is 0 Å². The summed E-state index contributed by atoms with van der Waals surface area (Å²) in [6, 6.07) is 9.60. The third-order valence-electron chi connectivity index (χ3n) is 3.79. The molecule has 1 aromatic rings. The summed E-state index contributed by atoms with van der Waals surface area (Å²) < 4.78 is 10.4. The molecule has 0 aliphatic rings. The zero-order chi connectivity index (χ0) is 18.3. The summed E-state index contributed by atoms with van der Waals surface area (Å²) in [7, 11) is 0. The second kappa shape index (κ2) is 13.4. The van der Waals surface area contributed by atoms with E-state index in [2.05, 4.69) is 5.32 Å². The summed E-state index contributed by atoms with van der Waals surface area (Å²) in [6.07, 6.45) is 4.00. The Morgan fingerprint density at radius 1 is 0.920 bits per heavy atom. The first-order chi connectivity index (χ1) is 12.2. The van der Waals surface area contributed by atoms with Gasteiger partial charge in [0.25, 0.3) is 0 Å². The summed E-state index contributed by atoms with van der Waals surface area (Å²) in [4.78, 5) is 23.9. The van der Waals surface area contributed by atoms with Crippen molar-refractivity contribution in [2.75, 3.05) is 13.2 Å². The van der Waals surface area contributed by atoms with E-state index in [4.69, 9.17) is 9.47 Å². The lowest BCUT2D eigenvalue weighted by molar-refractivity contribution is -0.146. The second-order valence-electron chi connectivity index (χ2n) is 6.12. The molecule has 0 spiro atoms. The van der Waals surface area contributed by atoms with Gasteiger partial charge in [-0.25, -0.2) is 0 Å². The van der Waals surface area contributed by atoms with Crippen LogP contribution >= 0.6 is 0 Å². The van der Waals surface area contributed by atoms with Crippen molar-refractivity contribution >= 4 is 11.9 Å². The van der Waals surface area contributed by atoms with E-state index in [0.29, 0.717) is 19.8 Å². The van der Waals surface area contributed by atoms with Gasteiger partial charge < -0.3 is 14.8 Å². The average molecular weight is 349 g/mol. The molecule has 0 heterocycles. The summed E-state index contributed by atoms with van der Waals surface area (Å²) in [5.41, 5.74) is 1.10. The first-order valence-electron chi connectivity index (χ1n) is 9.24. The lowest BCUT2D eigenvalue weighted by Crippen LogP contribution is -2.34. The predicted molar refractivity (Wildman–Crippen MR) is 98.0 cm³/mol. The Balaban J connectivity index is 2.49. The summed E-state index contributed by atoms with van der Waals surface area (Å²) in [6.45, 7) is 5.55. The fourth-order valence-electron chi connectivity index (χ4n) is 2.26. The van der Waals surface area contributed by atoms with Crippen LogP contribution in [0.2, 0.25) is 0 Å². The fourth-order valence-corrected chi connectivity index (χ4v) is 2.26. The standard InChI is InChI=1S/C20H31NO4/c1-3-5-12-24-19(22)14-18(15-20(23)25-13-6-4-2)21-16-17-10-8-7-9-11-17/h7-11,18,21H,3-6,12-16H2,1-2H3. The Labute approximate surface area is 151 Å². The van der Waals surface area contributed by atoms with Crippen LogP contribution in [0.3, 0.4) is 0 Å². The highest BCUT2D eigenvalue weighted by atomic mass is 16.5. The molecule has 5 nitrogen and oxygen atoms in total. The SMILES string of the molecule is CCCCOC(=O)CC(CC(=O)OCCCC)NCc1ccccc1. The number of esters is 2. The molecule has 0 aliphatic carbocycles. The number of hydrogen-bond acceptors (Lipinski definition) is 5. The van der Waals surface area contributed by atoms with Gasteiger partial charge in [0, 0.05) is 12.6 Å². The second-order valence-corrected chi connectivity index (χ2v) is 6.12. The summed E-state index contributed by atoms with van der Waals surface area (Å²) >= 11 is 0. The van der Waals surface area contributed by atoms with Crippen LogP contribution in [-0.4, -0.2) is 31.2 Å². The molecular formula is C20H31NO4. The number of carbonyl (C=O) groups is 2. The molecule has 1 aromatic carbocycles. The normalized spacial score (nSPS) is 10.7. The molecule has 0 aliphatic heterocycles. The Hall–Kier alpha value is -1.88. The van der Waals surface area contributed by atoms with Crippen LogP contribution in [0.1, 0.15) is 57.9 Å². The minimum absolute atomic E-state index is 0.166. The molecule has 1 rings (SSSR count). The quantitative estimate of drug-likeness (QED) is 0.435. The maximum absolute atomic E-state index is 12.0. The number of hydrogen-bond donors (Lipinski definition) is 1. The Kier molecular flexibility index (Phi) is 11.4. The largest absolute Gasteiger partial charge is 0.466 e. The van der Waals surface area contributed by atoms with Crippen molar-refractivity contribution in [1.29, 1.82) is 0 Å². The van der Waals surface area contributed by atoms with Crippen molar-refractivity contribution < 1.29 is 19.1 Å². The summed E-state index contributed by atoms with van der Waals surface area (Å²) in [5, 5.41) is 3.28. The molecule has 0 amide bonds. The molecule has 0 bridgehead atoms. The van der Waals surface area contributed by atoms with E-state index in [0.717, 1.165) is 31.2 Å². The maximum Gasteiger partial charge on any atom is 0.307 e. The first-order valence-corrected chi connectivity index (χ1v) is 9.24. The minimum atomic E-state index is -0.288. The van der Waals surface area contributed by atoms with Gasteiger partial charge in [0.1, 0.15) is 0 Å². The molecule has 0 unspecified atom stereocenters. The molecule has 0 saturated heterocycles. The van der Waals surface area contributed by atoms with E-state index in [1.165, 1.54) is 0 Å². The number of rotatable bonds is 13. The number of nitrogens with one attached hydrogen (secondary N) is 1. The molecule has 5 heteroatoms. The summed E-state index contributed by atoms with van der Waals surface area (Å²) in [5.74, 6) is -0.555. The first kappa shape index (κ1) is 21.2. The Bertz CT molecular complexity index is 466. The molecule has 1 N–H and O–H groups in total. The fraction of sp³-hybridized carbons (Fsp3) is 0.600. The Morgan fingerprint density at radius 3 is 1.92 bits per heavy atom. The highest BCUT2D eigenvalue weighted by molar-refractivity contribution is 5.74. The topological polar surface area (TPSA) is 64.6 Å². The van der Waals surface area contributed by atoms with Gasteiger partial charge >= 0.3 is 11.9 Å². The van der Waals surface area contributed by atoms with E-state index in [-0.39, 0.29) is 30.8 Å². The highest BCUT2D eigenvalue weighted by Gasteiger charge is 2.19. The van der Waals surface area contributed by atoms with Gasteiger partial charge in [0.05, 0.1) is 26.1 Å². The Morgan fingerprint density at radius 2 is 1.44 bits per heavy atom. The van der Waals surface area contributed by atoms with Crippen LogP contribution in [0.15, 0.2) is 30.3 Å². The van der Waals surface area contributed by atoms with Gasteiger partial charge in [0.2, 0.25) is 0 Å². The van der Waals surface area contributed by atoms with Gasteiger partial charge in [-0.1, -0.05) is 57.0 Å². The van der Waals surface area contributed by atoms with Crippen LogP contribution in [0.5, 0.6) is 0 Å². The van der Waals surface area contributed by atoms with E-state index in [1.54, 1.807) is 0 Å². The van der Waals surface area contributed by atoms with Crippen molar-refractivity contribution in [2.45, 2.75) is 65.0 Å². The van der Waals surface area contributed by atoms with Crippen LogP contribution in [-0.2, 0) is 25.6 Å². The van der Waals surface area contributed by atoms with E-state index in [1.807, 2.05) is 44.2 Å². The maximum atomic E-state index is 12.0. The zero-order valence-corrected chi connectivity index (χ0v) is 15.5. The molecule has 0 aromatic heterocycles. The van der Waals surface area contributed by atoms with E-state index in [9.17, 15) is 9.59 Å². The smallest absolute Gasteiger partial charge is 0.307 e. The average Bonchev–Trinajstić information content (AvgIpc) is 2.61. The zero-order valence-electron chi connectivity index (χ0n) is 15.5. The predicted octanol–water partition coefficient (Wildman–Crippen LogP) is 3.61. The molecule has 0 radical (unpaired) electrons. The highest BCUT2D eigenvalue weighted by Crippen LogP contribution is 2.07. The molecule has 140 valence electrons. The van der Waals surface area contributed by atoms with Crippen molar-refractivity contribution in [3.05, 3.63) is 35.9 Å². The minimum Gasteiger partial charge on any atom is -0.466 e. The van der Waals surface area contributed by atoms with Crippen LogP contribution < -0.4 is 5.32 Å². The van der Waals surface area contributed by atoms with Gasteiger partial charge in [-0.05, 0) is 18.4 Å². The molecule has 25 heavy (non-hydrogen) atoms. The number of benzene rings is 1. The molecule has 0 saturated carbocycles. The third kappa shape index (κ3) is 10.6. The van der Waals surface area contributed by atoms with Crippen molar-refractivity contribution in [3.63, 3.8) is 0 Å². The monoisotopic (exact) mass is 349 g/mol. The van der Waals surface area contributed by atoms with Gasteiger partial charge in [-0.15, -0.1) is 0 Å². The van der Waals surface area contributed by atoms with E-state index >= 15 is 0 Å². The van der Waals surface area contributed by atoms with Gasteiger partial charge in [-0.3, -0.25) is 9.59 Å². The van der Waals surface area contributed by atoms with Gasteiger partial charge in [-0.2, -0.15) is 0 Å². The number of carbonyl (C=O) groups excluding carboxylic acids is 2. The molecular weight excluding hydrogens is 318 g/mol.